The molecule has 2 bridgehead atoms. The average Bonchev–Trinajstić information content (AvgIpc) is 4.16. The summed E-state index contributed by atoms with van der Waals surface area (Å²) in [5, 5.41) is 9.48. The number of carbonyl (C=O) groups excluding carboxylic acids is 4. The molecule has 354 valence electrons. The Morgan fingerprint density at radius 3 is 1.69 bits per heavy atom. The van der Waals surface area contributed by atoms with E-state index in [1.54, 1.807) is 0 Å². The maximum absolute atomic E-state index is 14.0. The van der Waals surface area contributed by atoms with Crippen LogP contribution in [0.15, 0.2) is 60.8 Å². The van der Waals surface area contributed by atoms with Gasteiger partial charge in [0.2, 0.25) is 11.8 Å². The molecule has 5 aromatic rings. The Kier molecular flexibility index (Phi) is 12.6. The molecule has 3 aromatic carbocycles. The van der Waals surface area contributed by atoms with Crippen LogP contribution in [-0.2, 0) is 19.1 Å². The Balaban J connectivity index is 0.983. The van der Waals surface area contributed by atoms with Gasteiger partial charge in [0, 0.05) is 25.2 Å². The highest BCUT2D eigenvalue weighted by atomic mass is 16.5. The van der Waals surface area contributed by atoms with Gasteiger partial charge in [0.15, 0.2) is 0 Å². The zero-order valence-electron chi connectivity index (χ0n) is 40.1. The van der Waals surface area contributed by atoms with Crippen molar-refractivity contribution in [3.05, 3.63) is 83.6 Å². The van der Waals surface area contributed by atoms with Crippen molar-refractivity contribution in [2.75, 3.05) is 27.3 Å². The van der Waals surface area contributed by atoms with Crippen molar-refractivity contribution < 1.29 is 28.7 Å². The molecule has 4 aliphatic rings. The summed E-state index contributed by atoms with van der Waals surface area (Å²) >= 11 is 0. The van der Waals surface area contributed by atoms with Gasteiger partial charge >= 0.3 is 12.2 Å². The van der Waals surface area contributed by atoms with Gasteiger partial charge in [-0.3, -0.25) is 9.59 Å². The van der Waals surface area contributed by atoms with Gasteiger partial charge in [-0.25, -0.2) is 19.6 Å². The number of benzene rings is 3. The second-order valence-corrected chi connectivity index (χ2v) is 20.4. The summed E-state index contributed by atoms with van der Waals surface area (Å²) in [5.41, 5.74) is 11.1. The Morgan fingerprint density at radius 1 is 0.642 bits per heavy atom. The Labute approximate surface area is 392 Å². The lowest BCUT2D eigenvalue weighted by molar-refractivity contribution is -0.136. The Bertz CT molecular complexity index is 2670. The van der Waals surface area contributed by atoms with Crippen LogP contribution in [0, 0.1) is 29.6 Å². The maximum Gasteiger partial charge on any atom is 0.407 e. The summed E-state index contributed by atoms with van der Waals surface area (Å²) in [6.45, 7) is 15.5. The van der Waals surface area contributed by atoms with Gasteiger partial charge in [0.25, 0.3) is 0 Å². The number of amides is 4. The van der Waals surface area contributed by atoms with E-state index in [2.05, 4.69) is 101 Å². The van der Waals surface area contributed by atoms with Crippen molar-refractivity contribution in [2.45, 2.75) is 110 Å². The van der Waals surface area contributed by atoms with Crippen LogP contribution in [0.5, 0.6) is 0 Å². The van der Waals surface area contributed by atoms with Crippen molar-refractivity contribution in [1.82, 2.24) is 45.7 Å². The first kappa shape index (κ1) is 45.9. The quantitative estimate of drug-likeness (QED) is 0.0863. The molecule has 2 aromatic heterocycles. The minimum atomic E-state index is -0.708. The normalized spacial score (nSPS) is 24.3. The fourth-order valence-electron chi connectivity index (χ4n) is 11.3. The highest BCUT2D eigenvalue weighted by molar-refractivity contribution is 5.89. The molecular formula is C52H65N9O6. The summed E-state index contributed by atoms with van der Waals surface area (Å²) < 4.78 is 9.67. The maximum atomic E-state index is 14.0. The number of carbonyl (C=O) groups is 4. The third kappa shape index (κ3) is 8.78. The lowest BCUT2D eigenvalue weighted by Gasteiger charge is -2.30. The highest BCUT2D eigenvalue weighted by Crippen LogP contribution is 2.52. The number of fused-ring (bicyclic) bond motifs is 6. The lowest BCUT2D eigenvalue weighted by atomic mass is 9.86. The molecule has 15 nitrogen and oxygen atoms in total. The third-order valence-corrected chi connectivity index (χ3v) is 14.6. The summed E-state index contributed by atoms with van der Waals surface area (Å²) in [7, 11) is 2.61. The molecule has 3 fully saturated rings. The van der Waals surface area contributed by atoms with Crippen LogP contribution in [-0.4, -0.2) is 93.1 Å². The van der Waals surface area contributed by atoms with Gasteiger partial charge in [0.05, 0.1) is 49.2 Å². The number of ether oxygens (including phenoxy) is 2. The first-order chi connectivity index (χ1) is 32.1. The van der Waals surface area contributed by atoms with Crippen LogP contribution in [0.3, 0.4) is 0 Å². The predicted octanol–water partition coefficient (Wildman–Crippen LogP) is 8.98. The van der Waals surface area contributed by atoms with Crippen molar-refractivity contribution in [2.24, 2.45) is 29.6 Å². The van der Waals surface area contributed by atoms with E-state index in [0.717, 1.165) is 70.7 Å². The van der Waals surface area contributed by atoms with Gasteiger partial charge in [-0.1, -0.05) is 90.9 Å². The van der Waals surface area contributed by atoms with Crippen LogP contribution >= 0.6 is 0 Å². The molecule has 9 rings (SSSR count). The number of aromatic nitrogens is 4. The molecule has 0 saturated carbocycles. The number of piperidine rings is 1. The number of H-pyrrole nitrogens is 2. The second-order valence-electron chi connectivity index (χ2n) is 20.4. The standard InChI is InChI=1S/C52H65N9O6/c1-26(2)45(58-51(64)66-8)49(62)60-24-29(6)20-41(60)47-53-23-40(57-47)32-12-10-31(11-13-32)34-15-16-35(44-39-19-28(5)18-38(54-39)43(34)44)33-14-17-36-37(22-33)56-48(55-36)42-21-30(7)25-61(42)50(63)46(27(3)4)59-52(65)67-9/h10-17,22-23,26-30,38-39,41-42,45-46,54H,18-21,24-25H2,1-9H3,(H,53,57)(H,55,56)(H,58,64)(H,59,65)/t28?,29-,30-,38?,39?,41-,42-,45-,46-/m0/s1. The van der Waals surface area contributed by atoms with E-state index in [9.17, 15) is 19.2 Å². The van der Waals surface area contributed by atoms with Crippen LogP contribution in [0.25, 0.3) is 44.5 Å². The van der Waals surface area contributed by atoms with E-state index in [-0.39, 0.29) is 59.7 Å². The monoisotopic (exact) mass is 912 g/mol. The first-order valence-corrected chi connectivity index (χ1v) is 24.0. The third-order valence-electron chi connectivity index (χ3n) is 14.6. The number of hydrogen-bond acceptors (Lipinski definition) is 9. The smallest absolute Gasteiger partial charge is 0.407 e. The average molecular weight is 912 g/mol. The van der Waals surface area contributed by atoms with Gasteiger partial charge in [-0.05, 0) is 106 Å². The fraction of sp³-hybridized carbons (Fsp3) is 0.500. The second kappa shape index (κ2) is 18.5. The zero-order chi connectivity index (χ0) is 47.4. The minimum absolute atomic E-state index is 0.118. The predicted molar refractivity (Wildman–Crippen MR) is 256 cm³/mol. The number of nitrogens with one attached hydrogen (secondary N) is 5. The molecule has 67 heavy (non-hydrogen) atoms. The number of hydrogen-bond donors (Lipinski definition) is 5. The summed E-state index contributed by atoms with van der Waals surface area (Å²) in [6, 6.07) is 18.2. The lowest BCUT2D eigenvalue weighted by Crippen LogP contribution is -2.51. The van der Waals surface area contributed by atoms with E-state index >= 15 is 0 Å². The summed E-state index contributed by atoms with van der Waals surface area (Å²) in [5.74, 6) is 2.10. The number of aromatic amines is 2. The SMILES string of the molecule is COC(=O)N[C@H](C(=O)N1C[C@@H](C)C[C@H]1c1ncc(-c2ccc(-c3ccc(-c4ccc5nc([C@@H]6C[C@H](C)CN6C(=O)[C@@H](NC(=O)OC)C(C)C)[nH]c5c4)c4c3C3CC(C)CC4N3)cc2)[nH]1)C(C)C. The Morgan fingerprint density at radius 2 is 1.15 bits per heavy atom. The van der Waals surface area contributed by atoms with Crippen LogP contribution < -0.4 is 16.0 Å². The van der Waals surface area contributed by atoms with Gasteiger partial charge in [-0.15, -0.1) is 0 Å². The number of imidazole rings is 2. The molecule has 4 aliphatic heterocycles. The molecular weight excluding hydrogens is 847 g/mol. The van der Waals surface area contributed by atoms with E-state index < -0.39 is 24.3 Å². The van der Waals surface area contributed by atoms with E-state index in [1.165, 1.54) is 36.5 Å². The van der Waals surface area contributed by atoms with Crippen LogP contribution in [0.2, 0.25) is 0 Å². The van der Waals surface area contributed by atoms with E-state index in [4.69, 9.17) is 19.4 Å². The van der Waals surface area contributed by atoms with Crippen LogP contribution in [0.4, 0.5) is 9.59 Å². The fourth-order valence-corrected chi connectivity index (χ4v) is 11.3. The minimum Gasteiger partial charge on any atom is -0.453 e. The Hall–Kier alpha value is -6.22. The number of methoxy groups -OCH3 is 2. The largest absolute Gasteiger partial charge is 0.453 e. The van der Waals surface area contributed by atoms with Crippen molar-refractivity contribution in [3.63, 3.8) is 0 Å². The highest BCUT2D eigenvalue weighted by Gasteiger charge is 2.43. The number of rotatable bonds is 11. The van der Waals surface area contributed by atoms with Crippen molar-refractivity contribution in [3.8, 4) is 33.5 Å². The van der Waals surface area contributed by atoms with Gasteiger partial charge < -0.3 is 45.2 Å². The molecule has 3 unspecified atom stereocenters. The molecule has 15 heteroatoms. The van der Waals surface area contributed by atoms with E-state index in [1.807, 2.05) is 43.7 Å². The molecule has 0 radical (unpaired) electrons. The zero-order valence-corrected chi connectivity index (χ0v) is 40.1. The molecule has 5 N–H and O–H groups in total. The van der Waals surface area contributed by atoms with Gasteiger partial charge in [0.1, 0.15) is 23.7 Å². The number of likely N-dealkylation sites (tertiary alicyclic amines) is 2. The van der Waals surface area contributed by atoms with E-state index in [0.29, 0.717) is 19.0 Å². The van der Waals surface area contributed by atoms with Gasteiger partial charge in [-0.2, -0.15) is 0 Å². The molecule has 3 saturated heterocycles. The number of alkyl carbamates (subject to hydrolysis) is 2. The molecule has 0 aliphatic carbocycles. The first-order valence-electron chi connectivity index (χ1n) is 24.0. The molecule has 9 atom stereocenters. The van der Waals surface area contributed by atoms with Crippen molar-refractivity contribution >= 4 is 35.0 Å². The summed E-state index contributed by atoms with van der Waals surface area (Å²) in [6.07, 6.45) is 4.27. The molecule has 6 heterocycles. The summed E-state index contributed by atoms with van der Waals surface area (Å²) in [4.78, 5) is 72.9. The molecule has 0 spiro atoms. The van der Waals surface area contributed by atoms with Crippen molar-refractivity contribution in [1.29, 1.82) is 0 Å². The van der Waals surface area contributed by atoms with Crippen LogP contribution in [0.1, 0.15) is 121 Å². The molecule has 4 amide bonds. The topological polar surface area (TPSA) is 187 Å². The number of nitrogens with zero attached hydrogens (tertiary/aromatic N) is 4.